The van der Waals surface area contributed by atoms with Crippen LogP contribution in [0.5, 0.6) is 11.5 Å². The summed E-state index contributed by atoms with van der Waals surface area (Å²) in [4.78, 5) is 11.1. The lowest BCUT2D eigenvalue weighted by atomic mass is 10.2. The van der Waals surface area contributed by atoms with Gasteiger partial charge in [0.1, 0.15) is 12.4 Å². The second-order valence-electron chi connectivity index (χ2n) is 5.32. The summed E-state index contributed by atoms with van der Waals surface area (Å²) in [5.41, 5.74) is 1.46. The van der Waals surface area contributed by atoms with Crippen LogP contribution < -0.4 is 14.8 Å². The first-order chi connectivity index (χ1) is 12.6. The SMILES string of the molecule is COc1ccc(C=NN=C2NC(=O)CS2)cc1OCc1cccc(F)c1. The Morgan fingerprint density at radius 2 is 2.15 bits per heavy atom. The Morgan fingerprint density at radius 3 is 2.88 bits per heavy atom. The molecule has 0 aliphatic carbocycles. The van der Waals surface area contributed by atoms with Gasteiger partial charge in [0.25, 0.3) is 0 Å². The van der Waals surface area contributed by atoms with E-state index in [1.165, 1.54) is 23.9 Å². The summed E-state index contributed by atoms with van der Waals surface area (Å²) >= 11 is 1.30. The molecular weight excluding hydrogens is 357 g/mol. The van der Waals surface area contributed by atoms with Gasteiger partial charge in [-0.15, -0.1) is 5.10 Å². The van der Waals surface area contributed by atoms with Gasteiger partial charge in [-0.2, -0.15) is 5.10 Å². The van der Waals surface area contributed by atoms with E-state index in [2.05, 4.69) is 15.5 Å². The van der Waals surface area contributed by atoms with Gasteiger partial charge >= 0.3 is 0 Å². The number of ether oxygens (including phenoxy) is 2. The molecule has 2 aromatic rings. The molecule has 0 unspecified atom stereocenters. The monoisotopic (exact) mass is 373 g/mol. The maximum absolute atomic E-state index is 13.3. The summed E-state index contributed by atoms with van der Waals surface area (Å²) in [7, 11) is 1.55. The van der Waals surface area contributed by atoms with Crippen molar-refractivity contribution in [3.63, 3.8) is 0 Å². The zero-order valence-electron chi connectivity index (χ0n) is 13.9. The van der Waals surface area contributed by atoms with Crippen molar-refractivity contribution in [3.05, 3.63) is 59.4 Å². The van der Waals surface area contributed by atoms with Gasteiger partial charge in [-0.05, 0) is 41.5 Å². The highest BCUT2D eigenvalue weighted by Crippen LogP contribution is 2.28. The molecule has 1 aliphatic heterocycles. The minimum atomic E-state index is -0.310. The lowest BCUT2D eigenvalue weighted by Crippen LogP contribution is -2.19. The number of nitrogens with zero attached hydrogens (tertiary/aromatic N) is 2. The average Bonchev–Trinajstić information content (AvgIpc) is 3.05. The van der Waals surface area contributed by atoms with Crippen molar-refractivity contribution in [3.8, 4) is 11.5 Å². The van der Waals surface area contributed by atoms with Crippen LogP contribution in [0.4, 0.5) is 4.39 Å². The number of rotatable bonds is 6. The quantitative estimate of drug-likeness (QED) is 0.624. The first-order valence-corrected chi connectivity index (χ1v) is 8.71. The second kappa shape index (κ2) is 8.48. The molecule has 6 nitrogen and oxygen atoms in total. The first-order valence-electron chi connectivity index (χ1n) is 7.73. The van der Waals surface area contributed by atoms with Crippen LogP contribution in [0.25, 0.3) is 0 Å². The number of amidine groups is 1. The summed E-state index contributed by atoms with van der Waals surface area (Å²) < 4.78 is 24.3. The molecule has 1 saturated heterocycles. The van der Waals surface area contributed by atoms with E-state index in [1.807, 2.05) is 0 Å². The number of halogens is 1. The van der Waals surface area contributed by atoms with Crippen molar-refractivity contribution in [2.45, 2.75) is 6.61 Å². The number of carbonyl (C=O) groups is 1. The van der Waals surface area contributed by atoms with Crippen molar-refractivity contribution in [2.75, 3.05) is 12.9 Å². The van der Waals surface area contributed by atoms with Crippen molar-refractivity contribution >= 4 is 29.1 Å². The van der Waals surface area contributed by atoms with Gasteiger partial charge in [0, 0.05) is 0 Å². The smallest absolute Gasteiger partial charge is 0.236 e. The third-order valence-electron chi connectivity index (χ3n) is 3.41. The minimum Gasteiger partial charge on any atom is -0.493 e. The summed E-state index contributed by atoms with van der Waals surface area (Å²) in [6.45, 7) is 0.208. The molecule has 0 aromatic heterocycles. The van der Waals surface area contributed by atoms with Crippen molar-refractivity contribution in [2.24, 2.45) is 10.2 Å². The van der Waals surface area contributed by atoms with Gasteiger partial charge in [-0.25, -0.2) is 4.39 Å². The van der Waals surface area contributed by atoms with E-state index in [-0.39, 0.29) is 18.3 Å². The Bertz CT molecular complexity index is 871. The maximum Gasteiger partial charge on any atom is 0.236 e. The average molecular weight is 373 g/mol. The van der Waals surface area contributed by atoms with E-state index in [1.54, 1.807) is 43.7 Å². The number of hydrogen-bond donors (Lipinski definition) is 1. The van der Waals surface area contributed by atoms with Gasteiger partial charge in [-0.3, -0.25) is 4.79 Å². The fourth-order valence-corrected chi connectivity index (χ4v) is 2.83. The number of carbonyl (C=O) groups excluding carboxylic acids is 1. The van der Waals surface area contributed by atoms with Crippen LogP contribution in [0, 0.1) is 5.82 Å². The molecule has 1 amide bonds. The topological polar surface area (TPSA) is 72.3 Å². The van der Waals surface area contributed by atoms with E-state index in [0.717, 1.165) is 5.56 Å². The molecule has 8 heteroatoms. The molecule has 1 N–H and O–H groups in total. The van der Waals surface area contributed by atoms with E-state index >= 15 is 0 Å². The summed E-state index contributed by atoms with van der Waals surface area (Å²) in [6, 6.07) is 11.5. The second-order valence-corrected chi connectivity index (χ2v) is 6.28. The van der Waals surface area contributed by atoms with Gasteiger partial charge in [0.2, 0.25) is 5.91 Å². The molecule has 26 heavy (non-hydrogen) atoms. The highest BCUT2D eigenvalue weighted by atomic mass is 32.2. The molecule has 0 radical (unpaired) electrons. The zero-order valence-corrected chi connectivity index (χ0v) is 14.8. The van der Waals surface area contributed by atoms with Crippen LogP contribution in [0.15, 0.2) is 52.7 Å². The molecule has 0 bridgehead atoms. The molecule has 1 heterocycles. The van der Waals surface area contributed by atoms with Crippen LogP contribution in [0.3, 0.4) is 0 Å². The predicted molar refractivity (Wildman–Crippen MR) is 99.4 cm³/mol. The molecular formula is C18H16FN3O3S. The Morgan fingerprint density at radius 1 is 1.27 bits per heavy atom. The zero-order chi connectivity index (χ0) is 18.4. The summed E-state index contributed by atoms with van der Waals surface area (Å²) in [6.07, 6.45) is 1.55. The lowest BCUT2D eigenvalue weighted by molar-refractivity contribution is -0.116. The van der Waals surface area contributed by atoms with E-state index < -0.39 is 0 Å². The summed E-state index contributed by atoms with van der Waals surface area (Å²) in [5, 5.41) is 11.0. The molecule has 1 aliphatic rings. The normalized spacial score (nSPS) is 15.5. The fourth-order valence-electron chi connectivity index (χ4n) is 2.20. The highest BCUT2D eigenvalue weighted by Gasteiger charge is 2.15. The lowest BCUT2D eigenvalue weighted by Gasteiger charge is -2.11. The molecule has 3 rings (SSSR count). The van der Waals surface area contributed by atoms with Gasteiger partial charge in [0.15, 0.2) is 16.7 Å². The van der Waals surface area contributed by atoms with Crippen LogP contribution in [-0.2, 0) is 11.4 Å². The van der Waals surface area contributed by atoms with Crippen LogP contribution >= 0.6 is 11.8 Å². The molecule has 0 spiro atoms. The number of thioether (sulfide) groups is 1. The molecule has 2 aromatic carbocycles. The van der Waals surface area contributed by atoms with Crippen molar-refractivity contribution in [1.29, 1.82) is 0 Å². The standard InChI is InChI=1S/C18H16FN3O3S/c1-24-15-6-5-12(9-20-22-18-21-17(23)11-26-18)8-16(15)25-10-13-3-2-4-14(19)7-13/h2-9H,10-11H2,1H3,(H,21,22,23). The third-order valence-corrected chi connectivity index (χ3v) is 4.28. The van der Waals surface area contributed by atoms with Gasteiger partial charge < -0.3 is 14.8 Å². The molecule has 0 atom stereocenters. The molecule has 1 fully saturated rings. The maximum atomic E-state index is 13.3. The Balaban J connectivity index is 1.70. The fraction of sp³-hybridized carbons (Fsp3) is 0.167. The Labute approximate surface area is 154 Å². The highest BCUT2D eigenvalue weighted by molar-refractivity contribution is 8.15. The van der Waals surface area contributed by atoms with E-state index in [4.69, 9.17) is 9.47 Å². The first kappa shape index (κ1) is 17.9. The van der Waals surface area contributed by atoms with Crippen LogP contribution in [-0.4, -0.2) is 30.2 Å². The minimum absolute atomic E-state index is 0.0820. The van der Waals surface area contributed by atoms with Gasteiger partial charge in [-0.1, -0.05) is 23.9 Å². The molecule has 0 saturated carbocycles. The third kappa shape index (κ3) is 4.82. The number of amides is 1. The Kier molecular flexibility index (Phi) is 5.85. The number of methoxy groups -OCH3 is 1. The predicted octanol–water partition coefficient (Wildman–Crippen LogP) is 2.97. The van der Waals surface area contributed by atoms with E-state index in [0.29, 0.717) is 28.0 Å². The number of hydrogen-bond acceptors (Lipinski definition) is 6. The number of nitrogens with one attached hydrogen (secondary N) is 1. The van der Waals surface area contributed by atoms with Gasteiger partial charge in [0.05, 0.1) is 19.1 Å². The van der Waals surface area contributed by atoms with Crippen molar-refractivity contribution in [1.82, 2.24) is 5.32 Å². The van der Waals surface area contributed by atoms with E-state index in [9.17, 15) is 9.18 Å². The number of benzene rings is 2. The van der Waals surface area contributed by atoms with Crippen molar-refractivity contribution < 1.29 is 18.7 Å². The van der Waals surface area contributed by atoms with Crippen LogP contribution in [0.2, 0.25) is 0 Å². The molecule has 134 valence electrons. The van der Waals surface area contributed by atoms with Crippen LogP contribution in [0.1, 0.15) is 11.1 Å². The summed E-state index contributed by atoms with van der Waals surface area (Å²) in [5.74, 6) is 1.03. The largest absolute Gasteiger partial charge is 0.493 e. The Hall–Kier alpha value is -2.87.